The first kappa shape index (κ1) is 14.2. The van der Waals surface area contributed by atoms with Crippen LogP contribution >= 0.6 is 0 Å². The van der Waals surface area contributed by atoms with Gasteiger partial charge >= 0.3 is 0 Å². The van der Waals surface area contributed by atoms with Crippen LogP contribution in [0, 0.1) is 0 Å². The molecule has 0 fully saturated rings. The monoisotopic (exact) mass is 318 g/mol. The SMILES string of the molecule is ON(Nc1nccc(-c2cnn3ccccc23)n1)c1ccccc1. The van der Waals surface area contributed by atoms with Gasteiger partial charge in [0.1, 0.15) is 0 Å². The lowest BCUT2D eigenvalue weighted by Gasteiger charge is -2.17. The zero-order chi connectivity index (χ0) is 16.4. The van der Waals surface area contributed by atoms with Gasteiger partial charge in [0.2, 0.25) is 5.95 Å². The predicted octanol–water partition coefficient (Wildman–Crippen LogP) is 3.01. The Bertz CT molecular complexity index is 969. The lowest BCUT2D eigenvalue weighted by atomic mass is 10.2. The van der Waals surface area contributed by atoms with Gasteiger partial charge in [0.15, 0.2) is 0 Å². The second kappa shape index (κ2) is 5.98. The molecule has 3 heterocycles. The molecule has 4 rings (SSSR count). The van der Waals surface area contributed by atoms with Gasteiger partial charge in [0.25, 0.3) is 0 Å². The fraction of sp³-hybridized carbons (Fsp3) is 0. The minimum Gasteiger partial charge on any atom is -0.269 e. The lowest BCUT2D eigenvalue weighted by Crippen LogP contribution is -2.26. The molecule has 0 aliphatic carbocycles. The fourth-order valence-electron chi connectivity index (χ4n) is 2.42. The molecule has 2 N–H and O–H groups in total. The van der Waals surface area contributed by atoms with Crippen LogP contribution in [0.3, 0.4) is 0 Å². The molecular weight excluding hydrogens is 304 g/mol. The van der Waals surface area contributed by atoms with E-state index in [-0.39, 0.29) is 5.95 Å². The van der Waals surface area contributed by atoms with E-state index in [0.29, 0.717) is 5.69 Å². The van der Waals surface area contributed by atoms with Crippen LogP contribution in [0.4, 0.5) is 11.6 Å². The zero-order valence-electron chi connectivity index (χ0n) is 12.6. The summed E-state index contributed by atoms with van der Waals surface area (Å²) in [6.07, 6.45) is 5.27. The van der Waals surface area contributed by atoms with Crippen molar-refractivity contribution in [3.05, 3.63) is 73.2 Å². The molecule has 0 radical (unpaired) electrons. The maximum absolute atomic E-state index is 10.1. The topological polar surface area (TPSA) is 78.6 Å². The molecule has 0 unspecified atom stereocenters. The van der Waals surface area contributed by atoms with E-state index in [1.54, 1.807) is 35.1 Å². The molecule has 0 saturated carbocycles. The van der Waals surface area contributed by atoms with Gasteiger partial charge in [-0.05, 0) is 30.3 Å². The minimum atomic E-state index is 0.286. The molecule has 3 aromatic heterocycles. The quantitative estimate of drug-likeness (QED) is 0.563. The van der Waals surface area contributed by atoms with E-state index in [0.717, 1.165) is 21.9 Å². The number of rotatable bonds is 4. The van der Waals surface area contributed by atoms with Gasteiger partial charge in [-0.2, -0.15) is 10.3 Å². The second-order valence-electron chi connectivity index (χ2n) is 5.11. The van der Waals surface area contributed by atoms with Crippen molar-refractivity contribution in [1.82, 2.24) is 19.6 Å². The first-order valence-electron chi connectivity index (χ1n) is 7.38. The van der Waals surface area contributed by atoms with Crippen LogP contribution in [0.1, 0.15) is 0 Å². The highest BCUT2D eigenvalue weighted by atomic mass is 16.5. The molecule has 0 spiro atoms. The normalized spacial score (nSPS) is 10.7. The van der Waals surface area contributed by atoms with Gasteiger partial charge in [-0.25, -0.2) is 19.9 Å². The number of para-hydroxylation sites is 1. The Hall–Kier alpha value is -3.45. The van der Waals surface area contributed by atoms with Crippen molar-refractivity contribution in [3.8, 4) is 11.3 Å². The van der Waals surface area contributed by atoms with Crippen LogP contribution in [0.2, 0.25) is 0 Å². The smallest absolute Gasteiger partial charge is 0.244 e. The predicted molar refractivity (Wildman–Crippen MR) is 90.5 cm³/mol. The summed E-state index contributed by atoms with van der Waals surface area (Å²) in [4.78, 5) is 8.60. The summed E-state index contributed by atoms with van der Waals surface area (Å²) in [6.45, 7) is 0. The molecule has 1 aromatic carbocycles. The van der Waals surface area contributed by atoms with Gasteiger partial charge in [-0.3, -0.25) is 5.21 Å². The Kier molecular flexibility index (Phi) is 3.53. The molecule has 7 nitrogen and oxygen atoms in total. The number of benzene rings is 1. The fourth-order valence-corrected chi connectivity index (χ4v) is 2.42. The molecule has 0 aliphatic heterocycles. The number of fused-ring (bicyclic) bond motifs is 1. The summed E-state index contributed by atoms with van der Waals surface area (Å²) >= 11 is 0. The number of hydrogen-bond donors (Lipinski definition) is 2. The Morgan fingerprint density at radius 2 is 1.83 bits per heavy atom. The third kappa shape index (κ3) is 2.64. The van der Waals surface area contributed by atoms with Crippen molar-refractivity contribution >= 4 is 17.2 Å². The van der Waals surface area contributed by atoms with E-state index in [2.05, 4.69) is 20.5 Å². The van der Waals surface area contributed by atoms with E-state index in [9.17, 15) is 5.21 Å². The molecular formula is C17H14N6O. The summed E-state index contributed by atoms with van der Waals surface area (Å²) in [5.41, 5.74) is 5.90. The number of aromatic nitrogens is 4. The Balaban J connectivity index is 1.64. The second-order valence-corrected chi connectivity index (χ2v) is 5.11. The van der Waals surface area contributed by atoms with Crippen molar-refractivity contribution in [2.75, 3.05) is 10.6 Å². The number of nitrogens with one attached hydrogen (secondary N) is 1. The van der Waals surface area contributed by atoms with Gasteiger partial charge in [-0.1, -0.05) is 24.3 Å². The Labute approximate surface area is 137 Å². The maximum atomic E-state index is 10.1. The van der Waals surface area contributed by atoms with Crippen molar-refractivity contribution in [1.29, 1.82) is 0 Å². The highest BCUT2D eigenvalue weighted by molar-refractivity contribution is 5.77. The highest BCUT2D eigenvalue weighted by Crippen LogP contribution is 2.23. The molecule has 7 heteroatoms. The molecule has 0 saturated heterocycles. The molecule has 118 valence electrons. The van der Waals surface area contributed by atoms with E-state index in [1.807, 2.05) is 42.6 Å². The van der Waals surface area contributed by atoms with Crippen LogP contribution < -0.4 is 10.6 Å². The van der Waals surface area contributed by atoms with E-state index in [4.69, 9.17) is 0 Å². The first-order chi connectivity index (χ1) is 11.8. The van der Waals surface area contributed by atoms with Gasteiger partial charge < -0.3 is 0 Å². The Morgan fingerprint density at radius 3 is 2.71 bits per heavy atom. The van der Waals surface area contributed by atoms with Gasteiger partial charge in [0, 0.05) is 18.0 Å². The third-order valence-corrected chi connectivity index (χ3v) is 3.56. The standard InChI is InChI=1S/C17H14N6O/c24-23(13-6-2-1-3-7-13)21-17-18-10-9-15(20-17)14-12-19-22-11-5-4-8-16(14)22/h1-12,24H,(H,18,20,21). The first-order valence-corrected chi connectivity index (χ1v) is 7.38. The van der Waals surface area contributed by atoms with Crippen molar-refractivity contribution in [3.63, 3.8) is 0 Å². The molecule has 4 aromatic rings. The number of pyridine rings is 1. The summed E-state index contributed by atoms with van der Waals surface area (Å²) < 4.78 is 1.78. The van der Waals surface area contributed by atoms with Crippen LogP contribution in [0.15, 0.2) is 73.2 Å². The number of hydrazine groups is 1. The van der Waals surface area contributed by atoms with Crippen LogP contribution in [0.25, 0.3) is 16.8 Å². The average Bonchev–Trinajstić information content (AvgIpc) is 3.07. The average molecular weight is 318 g/mol. The van der Waals surface area contributed by atoms with Crippen LogP contribution in [-0.2, 0) is 0 Å². The summed E-state index contributed by atoms with van der Waals surface area (Å²) in [7, 11) is 0. The number of hydrogen-bond acceptors (Lipinski definition) is 6. The van der Waals surface area contributed by atoms with Crippen molar-refractivity contribution in [2.24, 2.45) is 0 Å². The summed E-state index contributed by atoms with van der Waals surface area (Å²) in [6, 6.07) is 16.7. The molecule has 0 aliphatic rings. The van der Waals surface area contributed by atoms with Gasteiger partial charge in [0.05, 0.1) is 23.1 Å². The lowest BCUT2D eigenvalue weighted by molar-refractivity contribution is 0.276. The van der Waals surface area contributed by atoms with E-state index < -0.39 is 0 Å². The molecule has 24 heavy (non-hydrogen) atoms. The van der Waals surface area contributed by atoms with E-state index >= 15 is 0 Å². The number of nitrogens with zero attached hydrogens (tertiary/aromatic N) is 5. The molecule has 0 amide bonds. The summed E-state index contributed by atoms with van der Waals surface area (Å²) in [5.74, 6) is 0.286. The summed E-state index contributed by atoms with van der Waals surface area (Å²) in [5, 5.41) is 15.3. The zero-order valence-corrected chi connectivity index (χ0v) is 12.6. The number of anilines is 2. The van der Waals surface area contributed by atoms with Crippen molar-refractivity contribution < 1.29 is 5.21 Å². The molecule has 0 bridgehead atoms. The third-order valence-electron chi connectivity index (χ3n) is 3.56. The maximum Gasteiger partial charge on any atom is 0.244 e. The highest BCUT2D eigenvalue weighted by Gasteiger charge is 2.10. The van der Waals surface area contributed by atoms with Crippen LogP contribution in [0.5, 0.6) is 0 Å². The van der Waals surface area contributed by atoms with Crippen LogP contribution in [-0.4, -0.2) is 24.8 Å². The van der Waals surface area contributed by atoms with E-state index in [1.165, 1.54) is 0 Å². The van der Waals surface area contributed by atoms with Gasteiger partial charge in [-0.15, -0.1) is 0 Å². The minimum absolute atomic E-state index is 0.286. The van der Waals surface area contributed by atoms with Crippen molar-refractivity contribution in [2.45, 2.75) is 0 Å². The molecule has 0 atom stereocenters. The largest absolute Gasteiger partial charge is 0.269 e. The Morgan fingerprint density at radius 1 is 1.00 bits per heavy atom.